The molecule has 1 saturated heterocycles. The lowest BCUT2D eigenvalue weighted by molar-refractivity contribution is 0.0729. The number of benzene rings is 1. The Bertz CT molecular complexity index is 453. The van der Waals surface area contributed by atoms with Crippen LogP contribution >= 0.6 is 11.8 Å². The van der Waals surface area contributed by atoms with Gasteiger partial charge in [0.25, 0.3) is 0 Å². The lowest BCUT2D eigenvalue weighted by Crippen LogP contribution is -2.55. The Morgan fingerprint density at radius 1 is 1.33 bits per heavy atom. The molecule has 0 saturated carbocycles. The molecule has 1 N–H and O–H groups in total. The van der Waals surface area contributed by atoms with Crippen LogP contribution in [0.1, 0.15) is 19.4 Å². The van der Waals surface area contributed by atoms with Crippen LogP contribution in [0.25, 0.3) is 0 Å². The molecule has 1 amide bonds. The van der Waals surface area contributed by atoms with Gasteiger partial charge in [0.05, 0.1) is 0 Å². The predicted octanol–water partition coefficient (Wildman–Crippen LogP) is 2.99. The molecule has 0 aliphatic carbocycles. The van der Waals surface area contributed by atoms with Crippen LogP contribution in [0.2, 0.25) is 0 Å². The van der Waals surface area contributed by atoms with Crippen LogP contribution in [0, 0.1) is 0 Å². The van der Waals surface area contributed by atoms with Crippen LogP contribution in [-0.2, 0) is 6.54 Å². The summed E-state index contributed by atoms with van der Waals surface area (Å²) in [4.78, 5) is 15.2. The third-order valence-electron chi connectivity index (χ3n) is 3.73. The van der Waals surface area contributed by atoms with Crippen LogP contribution in [0.15, 0.2) is 30.3 Å². The lowest BCUT2D eigenvalue weighted by Gasteiger charge is -2.40. The number of hydrogen-bond donors (Lipinski definition) is 1. The summed E-state index contributed by atoms with van der Waals surface area (Å²) in [5.41, 5.74) is 1.29. The number of nitrogens with zero attached hydrogens (tertiary/aromatic N) is 2. The standard InChI is InChI=1S/C16H24N2O2S/c1-13(2)21-12-15-11-18(16(19)20)9-8-17(15)10-14-6-4-3-5-7-14/h3-7,13,15H,8-12H2,1-2H3,(H,19,20)/t15-/m0/s1. The Labute approximate surface area is 131 Å². The van der Waals surface area contributed by atoms with Gasteiger partial charge >= 0.3 is 6.09 Å². The van der Waals surface area contributed by atoms with Crippen LogP contribution in [-0.4, -0.2) is 57.7 Å². The molecule has 1 fully saturated rings. The summed E-state index contributed by atoms with van der Waals surface area (Å²) in [6.07, 6.45) is -0.797. The number of hydrogen-bond acceptors (Lipinski definition) is 3. The van der Waals surface area contributed by atoms with Crippen molar-refractivity contribution in [3.05, 3.63) is 35.9 Å². The third kappa shape index (κ3) is 4.93. The fourth-order valence-corrected chi connectivity index (χ4v) is 3.48. The second kappa shape index (κ2) is 7.71. The predicted molar refractivity (Wildman–Crippen MR) is 87.8 cm³/mol. The summed E-state index contributed by atoms with van der Waals surface area (Å²) in [6.45, 7) is 7.29. The zero-order chi connectivity index (χ0) is 15.2. The van der Waals surface area contributed by atoms with Crippen LogP contribution in [0.5, 0.6) is 0 Å². The van der Waals surface area contributed by atoms with Crippen molar-refractivity contribution < 1.29 is 9.90 Å². The molecule has 21 heavy (non-hydrogen) atoms. The Hall–Kier alpha value is -1.20. The fraction of sp³-hybridized carbons (Fsp3) is 0.562. The molecule has 1 aliphatic heterocycles. The van der Waals surface area contributed by atoms with Crippen LogP contribution < -0.4 is 0 Å². The number of rotatable bonds is 5. The summed E-state index contributed by atoms with van der Waals surface area (Å²) < 4.78 is 0. The normalized spacial score (nSPS) is 20.0. The van der Waals surface area contributed by atoms with E-state index in [0.29, 0.717) is 24.4 Å². The first-order valence-electron chi connectivity index (χ1n) is 7.43. The van der Waals surface area contributed by atoms with Gasteiger partial charge < -0.3 is 10.0 Å². The highest BCUT2D eigenvalue weighted by Gasteiger charge is 2.29. The van der Waals surface area contributed by atoms with Gasteiger partial charge in [-0.2, -0.15) is 11.8 Å². The lowest BCUT2D eigenvalue weighted by atomic mass is 10.1. The van der Waals surface area contributed by atoms with Crippen molar-refractivity contribution >= 4 is 17.9 Å². The van der Waals surface area contributed by atoms with Gasteiger partial charge in [-0.05, 0) is 10.8 Å². The molecule has 1 aromatic rings. The number of amides is 1. The van der Waals surface area contributed by atoms with Crippen molar-refractivity contribution in [2.75, 3.05) is 25.4 Å². The van der Waals surface area contributed by atoms with E-state index in [1.165, 1.54) is 5.56 Å². The zero-order valence-electron chi connectivity index (χ0n) is 12.7. The molecule has 1 aromatic carbocycles. The van der Waals surface area contributed by atoms with Crippen molar-refractivity contribution in [2.24, 2.45) is 0 Å². The topological polar surface area (TPSA) is 43.8 Å². The van der Waals surface area contributed by atoms with Gasteiger partial charge in [-0.25, -0.2) is 4.79 Å². The minimum absolute atomic E-state index is 0.294. The molecule has 1 aliphatic rings. The minimum Gasteiger partial charge on any atom is -0.465 e. The molecule has 5 heteroatoms. The van der Waals surface area contributed by atoms with E-state index in [4.69, 9.17) is 0 Å². The fourth-order valence-electron chi connectivity index (χ4n) is 2.55. The third-order valence-corrected chi connectivity index (χ3v) is 4.97. The summed E-state index contributed by atoms with van der Waals surface area (Å²) in [5, 5.41) is 9.78. The van der Waals surface area contributed by atoms with Crippen molar-refractivity contribution in [1.82, 2.24) is 9.80 Å². The van der Waals surface area contributed by atoms with Gasteiger partial charge in [0.15, 0.2) is 0 Å². The van der Waals surface area contributed by atoms with Gasteiger partial charge in [-0.15, -0.1) is 0 Å². The Kier molecular flexibility index (Phi) is 5.94. The van der Waals surface area contributed by atoms with Gasteiger partial charge in [-0.3, -0.25) is 4.90 Å². The molecular weight excluding hydrogens is 284 g/mol. The van der Waals surface area contributed by atoms with Crippen molar-refractivity contribution in [2.45, 2.75) is 31.7 Å². The molecule has 0 radical (unpaired) electrons. The van der Waals surface area contributed by atoms with E-state index in [0.717, 1.165) is 18.8 Å². The van der Waals surface area contributed by atoms with Gasteiger partial charge in [-0.1, -0.05) is 44.2 Å². The first kappa shape index (κ1) is 16.2. The number of carboxylic acid groups (broad SMARTS) is 1. The number of thioether (sulfide) groups is 1. The van der Waals surface area contributed by atoms with E-state index in [9.17, 15) is 9.90 Å². The summed E-state index contributed by atoms with van der Waals surface area (Å²) in [7, 11) is 0. The average molecular weight is 308 g/mol. The molecule has 0 aromatic heterocycles. The highest BCUT2D eigenvalue weighted by Crippen LogP contribution is 2.20. The van der Waals surface area contributed by atoms with Gasteiger partial charge in [0.2, 0.25) is 0 Å². The van der Waals surface area contributed by atoms with Gasteiger partial charge in [0, 0.05) is 38.0 Å². The maximum Gasteiger partial charge on any atom is 0.407 e. The minimum atomic E-state index is -0.797. The van der Waals surface area contributed by atoms with Crippen molar-refractivity contribution in [3.63, 3.8) is 0 Å². The van der Waals surface area contributed by atoms with E-state index < -0.39 is 6.09 Å². The Morgan fingerprint density at radius 3 is 2.67 bits per heavy atom. The Balaban J connectivity index is 2.01. The highest BCUT2D eigenvalue weighted by molar-refractivity contribution is 7.99. The molecule has 0 spiro atoms. The first-order chi connectivity index (χ1) is 10.1. The molecule has 1 atom stereocenters. The molecule has 2 rings (SSSR count). The van der Waals surface area contributed by atoms with E-state index in [1.807, 2.05) is 17.8 Å². The summed E-state index contributed by atoms with van der Waals surface area (Å²) in [6, 6.07) is 10.7. The summed E-state index contributed by atoms with van der Waals surface area (Å²) in [5.74, 6) is 0.980. The smallest absolute Gasteiger partial charge is 0.407 e. The molecule has 0 unspecified atom stereocenters. The molecule has 116 valence electrons. The number of carbonyl (C=O) groups is 1. The zero-order valence-corrected chi connectivity index (χ0v) is 13.6. The van der Waals surface area contributed by atoms with E-state index in [-0.39, 0.29) is 0 Å². The second-order valence-electron chi connectivity index (χ2n) is 5.72. The summed E-state index contributed by atoms with van der Waals surface area (Å²) >= 11 is 1.90. The van der Waals surface area contributed by atoms with E-state index >= 15 is 0 Å². The van der Waals surface area contributed by atoms with Crippen LogP contribution in [0.3, 0.4) is 0 Å². The highest BCUT2D eigenvalue weighted by atomic mass is 32.2. The SMILES string of the molecule is CC(C)SC[C@@H]1CN(C(=O)O)CCN1Cc1ccccc1. The largest absolute Gasteiger partial charge is 0.465 e. The molecular formula is C16H24N2O2S. The first-order valence-corrected chi connectivity index (χ1v) is 8.48. The molecule has 1 heterocycles. The van der Waals surface area contributed by atoms with Crippen LogP contribution in [0.4, 0.5) is 4.79 Å². The quantitative estimate of drug-likeness (QED) is 0.908. The van der Waals surface area contributed by atoms with Crippen molar-refractivity contribution in [3.8, 4) is 0 Å². The maximum atomic E-state index is 11.2. The average Bonchev–Trinajstić information content (AvgIpc) is 2.47. The van der Waals surface area contributed by atoms with E-state index in [2.05, 4.69) is 43.0 Å². The van der Waals surface area contributed by atoms with Crippen molar-refractivity contribution in [1.29, 1.82) is 0 Å². The second-order valence-corrected chi connectivity index (χ2v) is 7.33. The maximum absolute atomic E-state index is 11.2. The molecule has 0 bridgehead atoms. The molecule has 4 nitrogen and oxygen atoms in total. The van der Waals surface area contributed by atoms with Gasteiger partial charge in [0.1, 0.15) is 0 Å². The Morgan fingerprint density at radius 2 is 2.05 bits per heavy atom. The number of piperazine rings is 1. The van der Waals surface area contributed by atoms with E-state index in [1.54, 1.807) is 4.90 Å². The monoisotopic (exact) mass is 308 g/mol.